The second kappa shape index (κ2) is 6.48. The van der Waals surface area contributed by atoms with E-state index in [1.165, 1.54) is 19.2 Å². The minimum absolute atomic E-state index is 0.0000972. The topological polar surface area (TPSA) is 72.5 Å². The average molecular weight is 383 g/mol. The van der Waals surface area contributed by atoms with Gasteiger partial charge in [-0.25, -0.2) is 13.1 Å². The number of carbonyl (C=O) groups excluding carboxylic acids is 1. The zero-order valence-electron chi connectivity index (χ0n) is 10.0. The molecule has 0 saturated heterocycles. The first-order valence-electron chi connectivity index (χ1n) is 5.20. The molecule has 1 atom stereocenters. The minimum Gasteiger partial charge on any atom is -0.469 e. The Kier molecular flexibility index (Phi) is 5.54. The predicted molar refractivity (Wildman–Crippen MR) is 75.6 cm³/mol. The van der Waals surface area contributed by atoms with Crippen LogP contribution in [0, 0.1) is 3.57 Å². The van der Waals surface area contributed by atoms with Gasteiger partial charge in [0.25, 0.3) is 0 Å². The molecule has 0 aliphatic heterocycles. The van der Waals surface area contributed by atoms with Crippen LogP contribution in [0.25, 0.3) is 0 Å². The number of rotatable bonds is 5. The standard InChI is InChI=1S/C11H14INO4S/c1-8(7-11(14)17-2)13-18(15,16)10-5-3-9(12)4-6-10/h3-6,8,13H,7H2,1-2H3. The Balaban J connectivity index is 2.76. The van der Waals surface area contributed by atoms with E-state index in [4.69, 9.17) is 0 Å². The Morgan fingerprint density at radius 1 is 1.39 bits per heavy atom. The highest BCUT2D eigenvalue weighted by Gasteiger charge is 2.19. The van der Waals surface area contributed by atoms with Gasteiger partial charge in [-0.15, -0.1) is 0 Å². The first-order valence-corrected chi connectivity index (χ1v) is 7.76. The highest BCUT2D eigenvalue weighted by Crippen LogP contribution is 2.12. The number of halogens is 1. The molecular formula is C11H14INO4S. The van der Waals surface area contributed by atoms with E-state index >= 15 is 0 Å². The number of esters is 1. The van der Waals surface area contributed by atoms with E-state index in [1.54, 1.807) is 19.1 Å². The largest absolute Gasteiger partial charge is 0.469 e. The van der Waals surface area contributed by atoms with Gasteiger partial charge in [0, 0.05) is 9.61 Å². The fraction of sp³-hybridized carbons (Fsp3) is 0.364. The van der Waals surface area contributed by atoms with Crippen LogP contribution in [0.3, 0.4) is 0 Å². The van der Waals surface area contributed by atoms with Gasteiger partial charge < -0.3 is 4.74 Å². The molecule has 0 amide bonds. The lowest BCUT2D eigenvalue weighted by molar-refractivity contribution is -0.140. The molecule has 0 fully saturated rings. The van der Waals surface area contributed by atoms with Crippen molar-refractivity contribution in [2.24, 2.45) is 0 Å². The quantitative estimate of drug-likeness (QED) is 0.618. The minimum atomic E-state index is -3.59. The van der Waals surface area contributed by atoms with Crippen molar-refractivity contribution < 1.29 is 17.9 Å². The Hall–Kier alpha value is -0.670. The van der Waals surface area contributed by atoms with Gasteiger partial charge in [-0.2, -0.15) is 0 Å². The number of ether oxygens (including phenoxy) is 1. The van der Waals surface area contributed by atoms with Gasteiger partial charge >= 0.3 is 5.97 Å². The fourth-order valence-corrected chi connectivity index (χ4v) is 2.92. The molecule has 0 radical (unpaired) electrons. The number of carbonyl (C=O) groups is 1. The summed E-state index contributed by atoms with van der Waals surface area (Å²) in [5.74, 6) is -0.451. The van der Waals surface area contributed by atoms with Crippen LogP contribution in [0.4, 0.5) is 0 Å². The van der Waals surface area contributed by atoms with E-state index in [2.05, 4.69) is 32.0 Å². The normalized spacial score (nSPS) is 13.1. The van der Waals surface area contributed by atoms with Crippen LogP contribution < -0.4 is 4.72 Å². The lowest BCUT2D eigenvalue weighted by Gasteiger charge is -2.13. The van der Waals surface area contributed by atoms with Gasteiger partial charge in [-0.3, -0.25) is 4.79 Å². The van der Waals surface area contributed by atoms with E-state index in [-0.39, 0.29) is 11.3 Å². The molecule has 0 aliphatic rings. The van der Waals surface area contributed by atoms with Gasteiger partial charge in [-0.1, -0.05) is 0 Å². The summed E-state index contributed by atoms with van der Waals surface area (Å²) in [6, 6.07) is 5.95. The smallest absolute Gasteiger partial charge is 0.307 e. The second-order valence-corrected chi connectivity index (χ2v) is 6.72. The molecule has 5 nitrogen and oxygen atoms in total. The number of benzene rings is 1. The van der Waals surface area contributed by atoms with Crippen molar-refractivity contribution in [3.05, 3.63) is 27.8 Å². The summed E-state index contributed by atoms with van der Waals surface area (Å²) in [5, 5.41) is 0. The molecule has 1 aromatic carbocycles. The lowest BCUT2D eigenvalue weighted by atomic mass is 10.3. The summed E-state index contributed by atoms with van der Waals surface area (Å²) in [6.07, 6.45) is 0.0000972. The van der Waals surface area contributed by atoms with Crippen LogP contribution in [0.1, 0.15) is 13.3 Å². The van der Waals surface area contributed by atoms with Crippen LogP contribution >= 0.6 is 22.6 Å². The summed E-state index contributed by atoms with van der Waals surface area (Å²) in [7, 11) is -2.32. The van der Waals surface area contributed by atoms with Crippen LogP contribution in [0.2, 0.25) is 0 Å². The maximum atomic E-state index is 12.0. The summed E-state index contributed by atoms with van der Waals surface area (Å²) < 4.78 is 31.8. The zero-order valence-corrected chi connectivity index (χ0v) is 13.0. The fourth-order valence-electron chi connectivity index (χ4n) is 1.32. The van der Waals surface area contributed by atoms with Crippen molar-refractivity contribution in [1.82, 2.24) is 4.72 Å². The molecule has 1 rings (SSSR count). The number of nitrogens with one attached hydrogen (secondary N) is 1. The van der Waals surface area contributed by atoms with Crippen molar-refractivity contribution in [3.63, 3.8) is 0 Å². The first-order chi connectivity index (χ1) is 8.35. The van der Waals surface area contributed by atoms with Gasteiger partial charge in [0.1, 0.15) is 0 Å². The van der Waals surface area contributed by atoms with E-state index in [1.807, 2.05) is 0 Å². The summed E-state index contributed by atoms with van der Waals surface area (Å²) in [4.78, 5) is 11.2. The van der Waals surface area contributed by atoms with E-state index in [0.29, 0.717) is 0 Å². The Morgan fingerprint density at radius 2 is 1.94 bits per heavy atom. The van der Waals surface area contributed by atoms with Gasteiger partial charge in [-0.05, 0) is 53.8 Å². The molecule has 100 valence electrons. The third-order valence-electron chi connectivity index (χ3n) is 2.18. The number of hydrogen-bond acceptors (Lipinski definition) is 4. The molecule has 0 saturated carbocycles. The van der Waals surface area contributed by atoms with E-state index in [0.717, 1.165) is 3.57 Å². The first kappa shape index (κ1) is 15.4. The van der Waals surface area contributed by atoms with Crippen LogP contribution in [-0.4, -0.2) is 27.5 Å². The van der Waals surface area contributed by atoms with Gasteiger partial charge in [0.15, 0.2) is 0 Å². The summed E-state index contributed by atoms with van der Waals surface area (Å²) >= 11 is 2.09. The van der Waals surface area contributed by atoms with E-state index in [9.17, 15) is 13.2 Å². The lowest BCUT2D eigenvalue weighted by Crippen LogP contribution is -2.34. The highest BCUT2D eigenvalue weighted by molar-refractivity contribution is 14.1. The van der Waals surface area contributed by atoms with Crippen molar-refractivity contribution in [1.29, 1.82) is 0 Å². The molecule has 0 spiro atoms. The van der Waals surface area contributed by atoms with Crippen LogP contribution in [0.15, 0.2) is 29.2 Å². The molecule has 7 heteroatoms. The molecule has 0 aromatic heterocycles. The van der Waals surface area contributed by atoms with Crippen molar-refractivity contribution in [2.75, 3.05) is 7.11 Å². The maximum absolute atomic E-state index is 12.0. The van der Waals surface area contributed by atoms with Crippen molar-refractivity contribution >= 4 is 38.6 Å². The molecule has 0 aliphatic carbocycles. The molecule has 1 unspecified atom stereocenters. The van der Waals surface area contributed by atoms with Crippen LogP contribution in [-0.2, 0) is 19.6 Å². The average Bonchev–Trinajstić information content (AvgIpc) is 2.28. The highest BCUT2D eigenvalue weighted by atomic mass is 127. The van der Waals surface area contributed by atoms with Crippen molar-refractivity contribution in [2.45, 2.75) is 24.3 Å². The van der Waals surface area contributed by atoms with Crippen molar-refractivity contribution in [3.8, 4) is 0 Å². The third kappa shape index (κ3) is 4.54. The summed E-state index contributed by atoms with van der Waals surface area (Å²) in [5.41, 5.74) is 0. The molecule has 1 aromatic rings. The number of sulfonamides is 1. The van der Waals surface area contributed by atoms with Crippen LogP contribution in [0.5, 0.6) is 0 Å². The molecule has 0 heterocycles. The molecule has 18 heavy (non-hydrogen) atoms. The SMILES string of the molecule is COC(=O)CC(C)NS(=O)(=O)c1ccc(I)cc1. The second-order valence-electron chi connectivity index (χ2n) is 3.76. The summed E-state index contributed by atoms with van der Waals surface area (Å²) in [6.45, 7) is 1.61. The number of methoxy groups -OCH3 is 1. The van der Waals surface area contributed by atoms with Gasteiger partial charge in [0.05, 0.1) is 18.4 Å². The Labute approximate surface area is 120 Å². The molecule has 1 N–H and O–H groups in total. The predicted octanol–water partition coefficient (Wildman–Crippen LogP) is 1.52. The Morgan fingerprint density at radius 3 is 2.44 bits per heavy atom. The van der Waals surface area contributed by atoms with Gasteiger partial charge in [0.2, 0.25) is 10.0 Å². The molecule has 0 bridgehead atoms. The number of hydrogen-bond donors (Lipinski definition) is 1. The maximum Gasteiger partial charge on any atom is 0.307 e. The molecular weight excluding hydrogens is 369 g/mol. The monoisotopic (exact) mass is 383 g/mol. The van der Waals surface area contributed by atoms with E-state index < -0.39 is 22.0 Å². The Bertz CT molecular complexity index is 512. The zero-order chi connectivity index (χ0) is 13.8. The third-order valence-corrected chi connectivity index (χ3v) is 4.51.